The van der Waals surface area contributed by atoms with Gasteiger partial charge in [0, 0.05) is 11.5 Å². The number of alkyl halides is 3. The molecule has 0 saturated carbocycles. The molecule has 0 aromatic heterocycles. The summed E-state index contributed by atoms with van der Waals surface area (Å²) in [6, 6.07) is 6.50. The monoisotopic (exact) mass is 677 g/mol. The number of primary amides is 1. The number of hydrogen-bond donors (Lipinski definition) is 7. The van der Waals surface area contributed by atoms with Crippen molar-refractivity contribution in [1.29, 1.82) is 0 Å². The van der Waals surface area contributed by atoms with Gasteiger partial charge in [0.2, 0.25) is 5.78 Å². The number of carbonyl (C=O) groups excluding carboxylic acids is 4. The number of fused-ring (bicyclic) bond motifs is 3. The summed E-state index contributed by atoms with van der Waals surface area (Å²) in [5.41, 5.74) is 1.69. The van der Waals surface area contributed by atoms with Gasteiger partial charge in [-0.25, -0.2) is 9.18 Å². The van der Waals surface area contributed by atoms with Crippen LogP contribution in [0.3, 0.4) is 0 Å². The number of carboxylic acids is 1. The minimum Gasteiger partial charge on any atom is -0.508 e. The maximum atomic E-state index is 14.0. The van der Waals surface area contributed by atoms with Crippen molar-refractivity contribution in [2.75, 3.05) is 19.4 Å². The minimum absolute atomic E-state index is 0.0337. The van der Waals surface area contributed by atoms with E-state index in [1.54, 1.807) is 6.92 Å². The van der Waals surface area contributed by atoms with E-state index in [9.17, 15) is 57.2 Å². The van der Waals surface area contributed by atoms with Crippen molar-refractivity contribution in [1.82, 2.24) is 4.90 Å². The molecule has 48 heavy (non-hydrogen) atoms. The lowest BCUT2D eigenvalue weighted by molar-refractivity contribution is -0.192. The number of benzene rings is 3. The van der Waals surface area contributed by atoms with Gasteiger partial charge in [-0.05, 0) is 68.2 Å². The standard InChI is InChI=1S/C29H26FN3O8.C2HF3O2/c1-11-14-7-8-17(32-28(40)12-5-4-6-13(30)9-12)22(34)18(14)23(35)19-15(11)10-16-21(33(2)3)24(36)20(27(31)39)26(38)29(16,41)25(19)37;3-2(4,5)1(6)7/h4-9,16,21,34-35,38,41H,10H2,1-3H3,(H2,31,39)(H,32,40);(H,6,7)/t16-,21-,29-;/m0./s1. The average Bonchev–Trinajstić information content (AvgIpc) is 2.98. The van der Waals surface area contributed by atoms with E-state index in [0.29, 0.717) is 10.9 Å². The van der Waals surface area contributed by atoms with Gasteiger partial charge in [0.25, 0.3) is 11.8 Å². The van der Waals surface area contributed by atoms with Crippen LogP contribution in [0.15, 0.2) is 47.7 Å². The number of aliphatic carboxylic acids is 1. The van der Waals surface area contributed by atoms with Crippen LogP contribution in [0.25, 0.3) is 10.8 Å². The maximum Gasteiger partial charge on any atom is 0.490 e. The number of aliphatic hydroxyl groups excluding tert-OH is 1. The molecule has 254 valence electrons. The molecule has 0 bridgehead atoms. The number of nitrogens with one attached hydrogen (secondary N) is 1. The number of rotatable bonds is 4. The van der Waals surface area contributed by atoms with Crippen LogP contribution in [-0.4, -0.2) is 91.7 Å². The first kappa shape index (κ1) is 35.3. The molecule has 13 nitrogen and oxygen atoms in total. The van der Waals surface area contributed by atoms with E-state index in [-0.39, 0.29) is 28.6 Å². The van der Waals surface area contributed by atoms with Crippen LogP contribution < -0.4 is 11.1 Å². The molecule has 0 unspecified atom stereocenters. The summed E-state index contributed by atoms with van der Waals surface area (Å²) in [6.07, 6.45) is -5.25. The number of carboxylic acid groups (broad SMARTS) is 1. The van der Waals surface area contributed by atoms with Gasteiger partial charge in [-0.2, -0.15) is 13.2 Å². The summed E-state index contributed by atoms with van der Waals surface area (Å²) in [5.74, 6) is -11.4. The van der Waals surface area contributed by atoms with Crippen molar-refractivity contribution >= 4 is 45.8 Å². The molecular weight excluding hydrogens is 650 g/mol. The highest BCUT2D eigenvalue weighted by Crippen LogP contribution is 2.51. The van der Waals surface area contributed by atoms with E-state index >= 15 is 0 Å². The zero-order chi connectivity index (χ0) is 36.2. The highest BCUT2D eigenvalue weighted by Gasteiger charge is 2.62. The molecule has 0 saturated heterocycles. The fourth-order valence-corrected chi connectivity index (χ4v) is 6.01. The molecule has 0 fully saturated rings. The van der Waals surface area contributed by atoms with Gasteiger partial charge in [0.05, 0.1) is 22.7 Å². The number of nitrogens with zero attached hydrogens (tertiary/aromatic N) is 1. The Morgan fingerprint density at radius 1 is 1.04 bits per heavy atom. The zero-order valence-corrected chi connectivity index (χ0v) is 25.1. The van der Waals surface area contributed by atoms with Crippen molar-refractivity contribution in [3.63, 3.8) is 0 Å². The fourth-order valence-electron chi connectivity index (χ4n) is 6.01. The molecule has 3 atom stereocenters. The van der Waals surface area contributed by atoms with E-state index in [4.69, 9.17) is 15.6 Å². The molecule has 3 aromatic rings. The van der Waals surface area contributed by atoms with Crippen LogP contribution >= 0.6 is 0 Å². The third kappa shape index (κ3) is 5.66. The van der Waals surface area contributed by atoms with Crippen molar-refractivity contribution in [3.8, 4) is 11.5 Å². The number of phenols is 2. The molecule has 0 aliphatic heterocycles. The van der Waals surface area contributed by atoms with Gasteiger partial charge >= 0.3 is 12.1 Å². The van der Waals surface area contributed by atoms with Crippen LogP contribution in [0, 0.1) is 18.7 Å². The second-order valence-electron chi connectivity index (χ2n) is 11.2. The predicted octanol–water partition coefficient (Wildman–Crippen LogP) is 2.48. The second kappa shape index (κ2) is 12.2. The van der Waals surface area contributed by atoms with E-state index < -0.39 is 87.3 Å². The van der Waals surface area contributed by atoms with Crippen LogP contribution in [0.5, 0.6) is 11.5 Å². The first-order valence-corrected chi connectivity index (χ1v) is 13.7. The molecular formula is C31H27F4N3O10. The van der Waals surface area contributed by atoms with E-state index in [0.717, 1.165) is 12.1 Å². The molecule has 5 rings (SSSR count). The normalized spacial score (nSPS) is 20.5. The summed E-state index contributed by atoms with van der Waals surface area (Å²) in [4.78, 5) is 62.2. The number of hydrogen-bond acceptors (Lipinski definition) is 10. The largest absolute Gasteiger partial charge is 0.508 e. The Bertz CT molecular complexity index is 1960. The summed E-state index contributed by atoms with van der Waals surface area (Å²) in [7, 11) is 3.01. The van der Waals surface area contributed by atoms with E-state index in [1.165, 1.54) is 43.3 Å². The highest BCUT2D eigenvalue weighted by atomic mass is 19.4. The number of likely N-dealkylation sites (N-methyl/N-ethyl adjacent to an activating group) is 1. The Hall–Kier alpha value is -5.55. The Balaban J connectivity index is 0.000000671. The molecule has 8 N–H and O–H groups in total. The van der Waals surface area contributed by atoms with Gasteiger partial charge in [-0.15, -0.1) is 0 Å². The number of amides is 2. The maximum absolute atomic E-state index is 14.0. The third-order valence-corrected chi connectivity index (χ3v) is 8.22. The predicted molar refractivity (Wildman–Crippen MR) is 158 cm³/mol. The van der Waals surface area contributed by atoms with Crippen molar-refractivity contribution in [3.05, 3.63) is 75.8 Å². The molecule has 0 radical (unpaired) electrons. The lowest BCUT2D eigenvalue weighted by atomic mass is 9.61. The number of carbonyl (C=O) groups is 5. The molecule has 2 aliphatic carbocycles. The number of aryl methyl sites for hydroxylation is 1. The molecule has 2 amide bonds. The fraction of sp³-hybridized carbons (Fsp3) is 0.258. The zero-order valence-electron chi connectivity index (χ0n) is 25.1. The van der Waals surface area contributed by atoms with Gasteiger partial charge < -0.3 is 36.6 Å². The van der Waals surface area contributed by atoms with Crippen LogP contribution in [0.4, 0.5) is 23.2 Å². The number of ketones is 2. The average molecular weight is 678 g/mol. The van der Waals surface area contributed by atoms with E-state index in [1.807, 2.05) is 0 Å². The molecule has 17 heteroatoms. The number of phenolic OH excluding ortho intramolecular Hbond substituents is 2. The lowest BCUT2D eigenvalue weighted by Gasteiger charge is -2.47. The number of aromatic hydroxyl groups is 2. The summed E-state index contributed by atoms with van der Waals surface area (Å²) < 4.78 is 45.3. The summed E-state index contributed by atoms with van der Waals surface area (Å²) >= 11 is 0. The van der Waals surface area contributed by atoms with Crippen molar-refractivity contribution < 1.29 is 67.1 Å². The number of nitrogens with two attached hydrogens (primary N) is 1. The Morgan fingerprint density at radius 3 is 2.17 bits per heavy atom. The van der Waals surface area contributed by atoms with Crippen molar-refractivity contribution in [2.45, 2.75) is 31.2 Å². The third-order valence-electron chi connectivity index (χ3n) is 8.22. The summed E-state index contributed by atoms with van der Waals surface area (Å²) in [6.45, 7) is 1.61. The highest BCUT2D eigenvalue weighted by molar-refractivity contribution is 6.25. The quantitative estimate of drug-likeness (QED) is 0.121. The smallest absolute Gasteiger partial charge is 0.490 e. The lowest BCUT2D eigenvalue weighted by Crippen LogP contribution is -2.64. The first-order valence-electron chi connectivity index (χ1n) is 13.7. The number of halogens is 4. The second-order valence-corrected chi connectivity index (χ2v) is 11.2. The van der Waals surface area contributed by atoms with Gasteiger partial charge in [0.1, 0.15) is 22.9 Å². The van der Waals surface area contributed by atoms with Crippen LogP contribution in [0.1, 0.15) is 31.8 Å². The molecule has 0 spiro atoms. The van der Waals surface area contributed by atoms with Gasteiger partial charge in [-0.1, -0.05) is 12.1 Å². The molecule has 0 heterocycles. The number of Topliss-reactive ketones (excluding diaryl/α,β-unsaturated/α-hetero) is 2. The first-order chi connectivity index (χ1) is 22.2. The molecule has 2 aliphatic rings. The summed E-state index contributed by atoms with van der Waals surface area (Å²) in [5, 5.41) is 54.7. The topological polar surface area (TPSA) is 228 Å². The minimum atomic E-state index is -5.08. The van der Waals surface area contributed by atoms with Crippen LogP contribution in [0.2, 0.25) is 0 Å². The van der Waals surface area contributed by atoms with Gasteiger partial charge in [-0.3, -0.25) is 24.1 Å². The Kier molecular flexibility index (Phi) is 9.00. The molecule has 3 aromatic carbocycles. The number of aliphatic hydroxyl groups is 2. The Labute approximate surface area is 267 Å². The van der Waals surface area contributed by atoms with Gasteiger partial charge in [0.15, 0.2) is 17.1 Å². The number of anilines is 1. The van der Waals surface area contributed by atoms with Crippen LogP contribution in [-0.2, 0) is 20.8 Å². The van der Waals surface area contributed by atoms with Crippen molar-refractivity contribution in [2.24, 2.45) is 11.7 Å². The van der Waals surface area contributed by atoms with E-state index in [2.05, 4.69) is 5.32 Å². The SMILES string of the molecule is Cc1c2c(c(O)c3c(O)c(NC(=O)c4cccc(F)c4)ccc13)C(=O)[C@]1(O)C(O)=C(C(N)=O)C(=O)[C@@H](N(C)C)[C@@H]1C2.O=C(O)C(F)(F)F. The Morgan fingerprint density at radius 2 is 1.65 bits per heavy atom.